The number of benzene rings is 1. The van der Waals surface area contributed by atoms with Crippen molar-refractivity contribution in [2.45, 2.75) is 31.8 Å². The summed E-state index contributed by atoms with van der Waals surface area (Å²) < 4.78 is 67.2. The van der Waals surface area contributed by atoms with Gasteiger partial charge in [-0.3, -0.25) is 4.90 Å². The Bertz CT molecular complexity index is 784. The summed E-state index contributed by atoms with van der Waals surface area (Å²) in [7, 11) is 1.68. The Morgan fingerprint density at radius 3 is 2.57 bits per heavy atom. The molecule has 1 aromatic carbocycles. The number of nitrogens with zero attached hydrogens (tertiary/aromatic N) is 4. The highest BCUT2D eigenvalue weighted by molar-refractivity contribution is 5.32. The van der Waals surface area contributed by atoms with Crippen molar-refractivity contribution >= 4 is 5.95 Å². The van der Waals surface area contributed by atoms with Crippen LogP contribution in [0.3, 0.4) is 0 Å². The predicted octanol–water partition coefficient (Wildman–Crippen LogP) is 3.81. The van der Waals surface area contributed by atoms with Gasteiger partial charge in [0.15, 0.2) is 0 Å². The molecule has 10 heteroatoms. The second-order valence-corrected chi connectivity index (χ2v) is 6.55. The smallest absolute Gasteiger partial charge is 0.433 e. The van der Waals surface area contributed by atoms with Crippen LogP contribution in [0, 0.1) is 0 Å². The molecule has 1 aliphatic rings. The maximum absolute atomic E-state index is 12.8. The zero-order chi connectivity index (χ0) is 20.3. The minimum atomic E-state index is -4.51. The van der Waals surface area contributed by atoms with Crippen LogP contribution in [-0.2, 0) is 12.7 Å². The third-order valence-corrected chi connectivity index (χ3v) is 4.60. The molecule has 0 bridgehead atoms. The lowest BCUT2D eigenvalue weighted by Gasteiger charge is -2.25. The number of likely N-dealkylation sites (N-methyl/N-ethyl adjacent to an activating group) is 1. The molecule has 1 saturated heterocycles. The van der Waals surface area contributed by atoms with Crippen molar-refractivity contribution in [2.75, 3.05) is 25.0 Å². The van der Waals surface area contributed by atoms with E-state index in [1.807, 2.05) is 0 Å². The van der Waals surface area contributed by atoms with Gasteiger partial charge in [0.05, 0.1) is 0 Å². The normalized spacial score (nSPS) is 17.9. The highest BCUT2D eigenvalue weighted by atomic mass is 19.4. The van der Waals surface area contributed by atoms with Gasteiger partial charge >= 0.3 is 12.8 Å². The highest BCUT2D eigenvalue weighted by Gasteiger charge is 2.34. The number of halogens is 5. The van der Waals surface area contributed by atoms with E-state index < -0.39 is 18.5 Å². The van der Waals surface area contributed by atoms with Crippen molar-refractivity contribution in [3.63, 3.8) is 0 Å². The van der Waals surface area contributed by atoms with Crippen molar-refractivity contribution in [3.8, 4) is 5.75 Å². The first-order chi connectivity index (χ1) is 13.2. The van der Waals surface area contributed by atoms with Gasteiger partial charge in [0.1, 0.15) is 11.4 Å². The fraction of sp³-hybridized carbons (Fsp3) is 0.444. The molecule has 0 amide bonds. The molecule has 3 rings (SSSR count). The summed E-state index contributed by atoms with van der Waals surface area (Å²) in [6.07, 6.45) is -2.65. The van der Waals surface area contributed by atoms with Gasteiger partial charge in [-0.05, 0) is 30.2 Å². The molecule has 2 heterocycles. The van der Waals surface area contributed by atoms with Crippen LogP contribution in [-0.4, -0.2) is 47.7 Å². The van der Waals surface area contributed by atoms with Crippen molar-refractivity contribution in [1.82, 2.24) is 14.9 Å². The van der Waals surface area contributed by atoms with Crippen molar-refractivity contribution in [2.24, 2.45) is 0 Å². The van der Waals surface area contributed by atoms with Gasteiger partial charge in [-0.25, -0.2) is 9.97 Å². The number of hydrogen-bond donors (Lipinski definition) is 0. The molecule has 0 N–H and O–H groups in total. The Hall–Kier alpha value is -2.49. The summed E-state index contributed by atoms with van der Waals surface area (Å²) in [5, 5.41) is 0. The Morgan fingerprint density at radius 1 is 1.21 bits per heavy atom. The van der Waals surface area contributed by atoms with E-state index in [1.54, 1.807) is 24.1 Å². The van der Waals surface area contributed by atoms with Gasteiger partial charge < -0.3 is 9.64 Å². The summed E-state index contributed by atoms with van der Waals surface area (Å²) in [6.45, 7) is -0.879. The predicted molar refractivity (Wildman–Crippen MR) is 92.2 cm³/mol. The van der Waals surface area contributed by atoms with Crippen LogP contribution in [0.25, 0.3) is 0 Å². The van der Waals surface area contributed by atoms with Crippen LogP contribution in [0.5, 0.6) is 5.75 Å². The first kappa shape index (κ1) is 20.2. The quantitative estimate of drug-likeness (QED) is 0.688. The molecule has 1 aliphatic heterocycles. The molecule has 5 nitrogen and oxygen atoms in total. The Kier molecular flexibility index (Phi) is 5.97. The number of likely N-dealkylation sites (tertiary alicyclic amines) is 1. The summed E-state index contributed by atoms with van der Waals surface area (Å²) in [5.41, 5.74) is -0.0365. The molecular formula is C18H19F5N4O. The average Bonchev–Trinajstić information content (AvgIpc) is 3.10. The van der Waals surface area contributed by atoms with E-state index in [0.717, 1.165) is 30.8 Å². The molecule has 0 aliphatic carbocycles. The molecule has 2 aromatic rings. The third-order valence-electron chi connectivity index (χ3n) is 4.60. The maximum Gasteiger partial charge on any atom is 0.433 e. The lowest BCUT2D eigenvalue weighted by Crippen LogP contribution is -2.35. The fourth-order valence-corrected chi connectivity index (χ4v) is 3.15. The first-order valence-electron chi connectivity index (χ1n) is 8.61. The molecule has 1 atom stereocenters. The summed E-state index contributed by atoms with van der Waals surface area (Å²) in [4.78, 5) is 11.4. The molecule has 152 valence electrons. The first-order valence-corrected chi connectivity index (χ1v) is 8.61. The molecule has 0 spiro atoms. The van der Waals surface area contributed by atoms with Crippen LogP contribution in [0.15, 0.2) is 36.5 Å². The number of hydrogen-bond acceptors (Lipinski definition) is 5. The number of aromatic nitrogens is 2. The van der Waals surface area contributed by atoms with E-state index in [0.29, 0.717) is 13.1 Å². The standard InChI is InChI=1S/C18H19F5N4O/c1-26(17-24-8-6-15(25-17)18(21,22)23)13-7-9-27(11-13)10-12-2-4-14(5-3-12)28-16(19)20/h2-6,8,13,16H,7,9-11H2,1H3. The van der Waals surface area contributed by atoms with E-state index in [1.165, 1.54) is 12.1 Å². The van der Waals surface area contributed by atoms with Crippen LogP contribution in [0.2, 0.25) is 0 Å². The number of rotatable bonds is 6. The topological polar surface area (TPSA) is 41.5 Å². The Balaban J connectivity index is 1.59. The molecule has 1 fully saturated rings. The van der Waals surface area contributed by atoms with Gasteiger partial charge in [-0.1, -0.05) is 12.1 Å². The second kappa shape index (κ2) is 8.26. The van der Waals surface area contributed by atoms with Gasteiger partial charge in [-0.15, -0.1) is 0 Å². The van der Waals surface area contributed by atoms with Crippen LogP contribution < -0.4 is 9.64 Å². The minimum absolute atomic E-state index is 0.0232. The number of alkyl halides is 5. The van der Waals surface area contributed by atoms with E-state index in [9.17, 15) is 22.0 Å². The van der Waals surface area contributed by atoms with E-state index in [4.69, 9.17) is 0 Å². The lowest BCUT2D eigenvalue weighted by atomic mass is 10.2. The minimum Gasteiger partial charge on any atom is -0.435 e. The molecule has 1 unspecified atom stereocenters. The van der Waals surface area contributed by atoms with Crippen molar-refractivity contribution in [3.05, 3.63) is 47.8 Å². The number of anilines is 1. The molecule has 0 radical (unpaired) electrons. The van der Waals surface area contributed by atoms with E-state index >= 15 is 0 Å². The Morgan fingerprint density at radius 2 is 1.93 bits per heavy atom. The zero-order valence-corrected chi connectivity index (χ0v) is 15.0. The van der Waals surface area contributed by atoms with Gasteiger partial charge in [0.2, 0.25) is 5.95 Å². The fourth-order valence-electron chi connectivity index (χ4n) is 3.15. The lowest BCUT2D eigenvalue weighted by molar-refractivity contribution is -0.141. The van der Waals surface area contributed by atoms with Crippen LogP contribution >= 0.6 is 0 Å². The SMILES string of the molecule is CN(c1nccc(C(F)(F)F)n1)C1CCN(Cc2ccc(OC(F)F)cc2)C1. The number of ether oxygens (including phenoxy) is 1. The molecule has 0 saturated carbocycles. The van der Waals surface area contributed by atoms with E-state index in [2.05, 4.69) is 19.6 Å². The van der Waals surface area contributed by atoms with E-state index in [-0.39, 0.29) is 17.7 Å². The third kappa shape index (κ3) is 5.06. The average molecular weight is 402 g/mol. The highest BCUT2D eigenvalue weighted by Crippen LogP contribution is 2.29. The summed E-state index contributed by atoms with van der Waals surface area (Å²) >= 11 is 0. The van der Waals surface area contributed by atoms with Crippen molar-refractivity contribution in [1.29, 1.82) is 0 Å². The van der Waals surface area contributed by atoms with Gasteiger partial charge in [-0.2, -0.15) is 22.0 Å². The summed E-state index contributed by atoms with van der Waals surface area (Å²) in [6, 6.07) is 7.22. The molecular weight excluding hydrogens is 383 g/mol. The molecule has 28 heavy (non-hydrogen) atoms. The second-order valence-electron chi connectivity index (χ2n) is 6.55. The van der Waals surface area contributed by atoms with Crippen LogP contribution in [0.1, 0.15) is 17.7 Å². The monoisotopic (exact) mass is 402 g/mol. The van der Waals surface area contributed by atoms with Crippen LogP contribution in [0.4, 0.5) is 27.9 Å². The summed E-state index contributed by atoms with van der Waals surface area (Å²) in [5.74, 6) is 0.134. The largest absolute Gasteiger partial charge is 0.435 e. The van der Waals surface area contributed by atoms with Gasteiger partial charge in [0, 0.05) is 38.9 Å². The van der Waals surface area contributed by atoms with Gasteiger partial charge in [0.25, 0.3) is 0 Å². The zero-order valence-electron chi connectivity index (χ0n) is 15.0. The van der Waals surface area contributed by atoms with Crippen molar-refractivity contribution < 1.29 is 26.7 Å². The Labute approximate surface area is 158 Å². The molecule has 1 aromatic heterocycles. The maximum atomic E-state index is 12.8.